The normalized spacial score (nSPS) is 13.1. The van der Waals surface area contributed by atoms with Gasteiger partial charge in [-0.2, -0.15) is 10.4 Å². The first-order valence-electron chi connectivity index (χ1n) is 9.56. The molecular formula is C21H24N6O3. The molecule has 2 N–H and O–H groups in total. The lowest BCUT2D eigenvalue weighted by Crippen LogP contribution is -2.50. The summed E-state index contributed by atoms with van der Waals surface area (Å²) in [5, 5.41) is 25.0. The molecule has 1 amide bonds. The van der Waals surface area contributed by atoms with E-state index in [-0.39, 0.29) is 6.61 Å². The molecule has 0 aromatic carbocycles. The Balaban J connectivity index is 1.82. The van der Waals surface area contributed by atoms with E-state index in [1.807, 2.05) is 39.8 Å². The van der Waals surface area contributed by atoms with Crippen molar-refractivity contribution in [3.05, 3.63) is 42.0 Å². The molecule has 0 aliphatic carbocycles. The molecule has 3 rings (SSSR count). The monoisotopic (exact) mass is 408 g/mol. The van der Waals surface area contributed by atoms with E-state index in [9.17, 15) is 4.79 Å². The number of carbonyl (C=O) groups is 1. The Kier molecular flexibility index (Phi) is 5.87. The van der Waals surface area contributed by atoms with Gasteiger partial charge < -0.3 is 15.2 Å². The van der Waals surface area contributed by atoms with Crippen LogP contribution in [0.15, 0.2) is 30.7 Å². The zero-order valence-corrected chi connectivity index (χ0v) is 17.4. The lowest BCUT2D eigenvalue weighted by Gasteiger charge is -2.31. The number of carboxylic acid groups (broad SMARTS) is 1. The predicted octanol–water partition coefficient (Wildman–Crippen LogP) is 3.42. The summed E-state index contributed by atoms with van der Waals surface area (Å²) >= 11 is 0. The average Bonchev–Trinajstić information content (AvgIpc) is 3.08. The number of ether oxygens (including phenoxy) is 1. The lowest BCUT2D eigenvalue weighted by molar-refractivity contribution is 0.142. The Hall–Kier alpha value is -3.67. The highest BCUT2D eigenvalue weighted by Crippen LogP contribution is 2.27. The number of nitriles is 1. The van der Waals surface area contributed by atoms with Gasteiger partial charge in [0.25, 0.3) is 0 Å². The third kappa shape index (κ3) is 4.66. The van der Waals surface area contributed by atoms with Crippen molar-refractivity contribution in [2.75, 3.05) is 6.61 Å². The summed E-state index contributed by atoms with van der Waals surface area (Å²) in [5.74, 6) is 0.883. The van der Waals surface area contributed by atoms with E-state index in [4.69, 9.17) is 15.1 Å². The molecule has 30 heavy (non-hydrogen) atoms. The average molecular weight is 408 g/mol. The Bertz CT molecular complexity index is 1120. The Morgan fingerprint density at radius 1 is 1.40 bits per heavy atom. The second kappa shape index (κ2) is 8.37. The number of fused-ring (bicyclic) bond motifs is 1. The molecule has 0 fully saturated rings. The van der Waals surface area contributed by atoms with Crippen LogP contribution < -0.4 is 10.1 Å². The van der Waals surface area contributed by atoms with Gasteiger partial charge in [-0.1, -0.05) is 13.8 Å². The van der Waals surface area contributed by atoms with Crippen LogP contribution >= 0.6 is 0 Å². The van der Waals surface area contributed by atoms with E-state index in [1.54, 1.807) is 23.0 Å². The van der Waals surface area contributed by atoms with Crippen LogP contribution in [-0.4, -0.2) is 42.9 Å². The quantitative estimate of drug-likeness (QED) is 0.613. The van der Waals surface area contributed by atoms with Crippen LogP contribution in [-0.2, 0) is 0 Å². The summed E-state index contributed by atoms with van der Waals surface area (Å²) in [6, 6.07) is 5.65. The molecule has 0 saturated carbocycles. The fourth-order valence-corrected chi connectivity index (χ4v) is 3.51. The third-order valence-electron chi connectivity index (χ3n) is 4.61. The van der Waals surface area contributed by atoms with E-state index in [2.05, 4.69) is 20.4 Å². The molecule has 3 heterocycles. The number of nitrogens with zero attached hydrogens (tertiary/aromatic N) is 5. The third-order valence-corrected chi connectivity index (χ3v) is 4.61. The van der Waals surface area contributed by atoms with Crippen LogP contribution in [0.2, 0.25) is 0 Å². The summed E-state index contributed by atoms with van der Waals surface area (Å²) in [6.45, 7) is 7.92. The first-order chi connectivity index (χ1) is 14.2. The molecule has 1 unspecified atom stereocenters. The van der Waals surface area contributed by atoms with Crippen molar-refractivity contribution in [3.63, 3.8) is 0 Å². The highest BCUT2D eigenvalue weighted by atomic mass is 16.5. The topological polar surface area (TPSA) is 125 Å². The molecule has 0 radical (unpaired) electrons. The first-order valence-corrected chi connectivity index (χ1v) is 9.56. The molecule has 0 saturated heterocycles. The van der Waals surface area contributed by atoms with E-state index in [0.717, 1.165) is 5.56 Å². The maximum atomic E-state index is 11.2. The molecule has 0 bridgehead atoms. The second-order valence-electron chi connectivity index (χ2n) is 7.94. The number of aryl methyl sites for hydroxylation is 1. The molecule has 0 spiro atoms. The zero-order valence-electron chi connectivity index (χ0n) is 17.4. The molecule has 1 atom stereocenters. The van der Waals surface area contributed by atoms with E-state index in [1.165, 1.54) is 6.20 Å². The number of pyridine rings is 1. The van der Waals surface area contributed by atoms with Crippen LogP contribution in [0.5, 0.6) is 5.75 Å². The van der Waals surface area contributed by atoms with Crippen LogP contribution in [0.25, 0.3) is 16.9 Å². The van der Waals surface area contributed by atoms with Crippen molar-refractivity contribution in [1.82, 2.24) is 24.9 Å². The Labute approximate surface area is 174 Å². The Morgan fingerprint density at radius 3 is 2.80 bits per heavy atom. The summed E-state index contributed by atoms with van der Waals surface area (Å²) in [4.78, 5) is 20.1. The SMILES string of the molecule is Cc1nc(-c2cnn3cc(C#N)cnc23)ccc1OCC(C)(CC(C)C)NC(=O)O. The molecule has 3 aromatic rings. The minimum absolute atomic E-state index is 0.189. The minimum atomic E-state index is -1.08. The van der Waals surface area contributed by atoms with Crippen LogP contribution in [0.4, 0.5) is 4.79 Å². The molecule has 9 nitrogen and oxygen atoms in total. The van der Waals surface area contributed by atoms with E-state index in [0.29, 0.717) is 40.7 Å². The van der Waals surface area contributed by atoms with Gasteiger partial charge in [-0.15, -0.1) is 0 Å². The number of nitrogens with one attached hydrogen (secondary N) is 1. The van der Waals surface area contributed by atoms with Crippen LogP contribution in [0.3, 0.4) is 0 Å². The fourth-order valence-electron chi connectivity index (χ4n) is 3.51. The lowest BCUT2D eigenvalue weighted by atomic mass is 9.91. The summed E-state index contributed by atoms with van der Waals surface area (Å²) in [7, 11) is 0. The molecule has 0 aliphatic rings. The van der Waals surface area contributed by atoms with Crippen molar-refractivity contribution in [2.45, 2.75) is 39.7 Å². The molecule has 9 heteroatoms. The largest absolute Gasteiger partial charge is 0.489 e. The van der Waals surface area contributed by atoms with Gasteiger partial charge in [-0.3, -0.25) is 0 Å². The molecule has 0 aliphatic heterocycles. The number of amides is 1. The van der Waals surface area contributed by atoms with Crippen LogP contribution in [0, 0.1) is 24.2 Å². The van der Waals surface area contributed by atoms with Crippen molar-refractivity contribution < 1.29 is 14.6 Å². The highest BCUT2D eigenvalue weighted by Gasteiger charge is 2.29. The highest BCUT2D eigenvalue weighted by molar-refractivity contribution is 5.74. The van der Waals surface area contributed by atoms with Crippen molar-refractivity contribution in [2.24, 2.45) is 5.92 Å². The standard InChI is InChI=1S/C21H24N6O3/c1-13(2)7-21(4,26-20(28)29)12-30-18-6-5-17(25-14(18)3)16-10-24-27-11-15(8-22)9-23-19(16)27/h5-6,9-11,13,26H,7,12H2,1-4H3,(H,28,29). The van der Waals surface area contributed by atoms with Gasteiger partial charge in [0.1, 0.15) is 18.4 Å². The second-order valence-corrected chi connectivity index (χ2v) is 7.94. The van der Waals surface area contributed by atoms with Crippen LogP contribution in [0.1, 0.15) is 38.4 Å². The van der Waals surface area contributed by atoms with Gasteiger partial charge in [-0.05, 0) is 38.3 Å². The smallest absolute Gasteiger partial charge is 0.405 e. The van der Waals surface area contributed by atoms with Crippen molar-refractivity contribution >= 4 is 11.7 Å². The van der Waals surface area contributed by atoms with Gasteiger partial charge in [-0.25, -0.2) is 19.3 Å². The zero-order chi connectivity index (χ0) is 21.9. The molecule has 156 valence electrons. The minimum Gasteiger partial charge on any atom is -0.489 e. The van der Waals surface area contributed by atoms with Gasteiger partial charge in [0.2, 0.25) is 0 Å². The maximum absolute atomic E-state index is 11.2. The first kappa shape index (κ1) is 21.0. The van der Waals surface area contributed by atoms with E-state index >= 15 is 0 Å². The number of rotatable bonds is 7. The Morgan fingerprint density at radius 2 is 2.17 bits per heavy atom. The number of hydrogen-bond donors (Lipinski definition) is 2. The number of hydrogen-bond acceptors (Lipinski definition) is 6. The van der Waals surface area contributed by atoms with Gasteiger partial charge >= 0.3 is 6.09 Å². The number of aromatic nitrogens is 4. The fraction of sp³-hybridized carbons (Fsp3) is 0.381. The molecular weight excluding hydrogens is 384 g/mol. The summed E-state index contributed by atoms with van der Waals surface area (Å²) in [6.07, 6.45) is 4.33. The summed E-state index contributed by atoms with van der Waals surface area (Å²) in [5.41, 5.74) is 2.40. The van der Waals surface area contributed by atoms with Crippen molar-refractivity contribution in [1.29, 1.82) is 5.26 Å². The maximum Gasteiger partial charge on any atom is 0.405 e. The summed E-state index contributed by atoms with van der Waals surface area (Å²) < 4.78 is 7.48. The van der Waals surface area contributed by atoms with Crippen molar-refractivity contribution in [3.8, 4) is 23.1 Å². The van der Waals surface area contributed by atoms with E-state index < -0.39 is 11.6 Å². The van der Waals surface area contributed by atoms with Gasteiger partial charge in [0.15, 0.2) is 5.65 Å². The van der Waals surface area contributed by atoms with Gasteiger partial charge in [0.05, 0.1) is 40.4 Å². The predicted molar refractivity (Wildman–Crippen MR) is 110 cm³/mol. The molecule has 3 aromatic heterocycles. The van der Waals surface area contributed by atoms with Gasteiger partial charge in [0, 0.05) is 6.20 Å².